The van der Waals surface area contributed by atoms with Crippen LogP contribution in [0.25, 0.3) is 0 Å². The lowest BCUT2D eigenvalue weighted by Gasteiger charge is -2.15. The molecule has 0 bridgehead atoms. The highest BCUT2D eigenvalue weighted by Crippen LogP contribution is 2.18. The third kappa shape index (κ3) is 2.41. The van der Waals surface area contributed by atoms with Crippen LogP contribution in [0.1, 0.15) is 16.8 Å². The molecule has 5 heteroatoms. The molecule has 0 aliphatic carbocycles. The van der Waals surface area contributed by atoms with Crippen molar-refractivity contribution in [3.05, 3.63) is 34.1 Å². The number of amides is 1. The maximum absolute atomic E-state index is 13.1. The Morgan fingerprint density at radius 3 is 2.81 bits per heavy atom. The van der Waals surface area contributed by atoms with E-state index < -0.39 is 11.9 Å². The molecule has 0 spiro atoms. The molecule has 0 unspecified atom stereocenters. The van der Waals surface area contributed by atoms with Crippen LogP contribution in [0.15, 0.2) is 22.7 Å². The summed E-state index contributed by atoms with van der Waals surface area (Å²) in [4.78, 5) is 13.5. The number of carbonyl (C=O) groups is 1. The Hall–Kier alpha value is -0.940. The van der Waals surface area contributed by atoms with Crippen LogP contribution in [0.5, 0.6) is 0 Å². The molecule has 1 amide bonds. The molecule has 0 radical (unpaired) electrons. The first kappa shape index (κ1) is 11.5. The number of hydrogen-bond donors (Lipinski definition) is 1. The summed E-state index contributed by atoms with van der Waals surface area (Å²) in [5.74, 6) is -0.686. The summed E-state index contributed by atoms with van der Waals surface area (Å²) in [5.41, 5.74) is 0.306. The number of aliphatic hydroxyl groups excluding tert-OH is 1. The molecule has 1 N–H and O–H groups in total. The first-order chi connectivity index (χ1) is 7.56. The molecule has 86 valence electrons. The summed E-state index contributed by atoms with van der Waals surface area (Å²) < 4.78 is 13.6. The molecule has 1 fully saturated rings. The minimum atomic E-state index is -0.457. The average molecular weight is 288 g/mol. The lowest BCUT2D eigenvalue weighted by atomic mass is 10.2. The molecule has 2 rings (SSSR count). The van der Waals surface area contributed by atoms with E-state index >= 15 is 0 Å². The van der Waals surface area contributed by atoms with Gasteiger partial charge in [0.2, 0.25) is 0 Å². The largest absolute Gasteiger partial charge is 0.391 e. The zero-order valence-electron chi connectivity index (χ0n) is 8.49. The van der Waals surface area contributed by atoms with E-state index in [9.17, 15) is 14.3 Å². The van der Waals surface area contributed by atoms with Gasteiger partial charge in [0.25, 0.3) is 5.91 Å². The number of aliphatic hydroxyl groups is 1. The number of carbonyl (C=O) groups excluding carboxylic acids is 1. The van der Waals surface area contributed by atoms with Gasteiger partial charge in [-0.05, 0) is 24.6 Å². The number of hydrogen-bond acceptors (Lipinski definition) is 2. The monoisotopic (exact) mass is 287 g/mol. The maximum Gasteiger partial charge on any atom is 0.254 e. The van der Waals surface area contributed by atoms with Gasteiger partial charge in [-0.25, -0.2) is 4.39 Å². The first-order valence-corrected chi connectivity index (χ1v) is 5.79. The first-order valence-electron chi connectivity index (χ1n) is 4.99. The smallest absolute Gasteiger partial charge is 0.254 e. The van der Waals surface area contributed by atoms with Crippen LogP contribution in [0.3, 0.4) is 0 Å². The minimum Gasteiger partial charge on any atom is -0.391 e. The summed E-state index contributed by atoms with van der Waals surface area (Å²) >= 11 is 3.14. The SMILES string of the molecule is O=C(c1cc(F)cc(Br)c1)N1CC[C@H](O)C1. The number of benzene rings is 1. The van der Waals surface area contributed by atoms with Gasteiger partial charge >= 0.3 is 0 Å². The van der Waals surface area contributed by atoms with Crippen LogP contribution in [0, 0.1) is 5.82 Å². The van der Waals surface area contributed by atoms with E-state index in [-0.39, 0.29) is 5.91 Å². The fourth-order valence-electron chi connectivity index (χ4n) is 1.79. The summed E-state index contributed by atoms with van der Waals surface area (Å²) in [7, 11) is 0. The molecule has 1 saturated heterocycles. The summed E-state index contributed by atoms with van der Waals surface area (Å²) in [6.45, 7) is 0.848. The lowest BCUT2D eigenvalue weighted by Crippen LogP contribution is -2.29. The van der Waals surface area contributed by atoms with Crippen molar-refractivity contribution < 1.29 is 14.3 Å². The van der Waals surface area contributed by atoms with Crippen LogP contribution in [0.2, 0.25) is 0 Å². The number of rotatable bonds is 1. The van der Waals surface area contributed by atoms with Crippen molar-refractivity contribution >= 4 is 21.8 Å². The highest BCUT2D eigenvalue weighted by Gasteiger charge is 2.25. The van der Waals surface area contributed by atoms with Crippen molar-refractivity contribution in [3.63, 3.8) is 0 Å². The van der Waals surface area contributed by atoms with E-state index in [0.717, 1.165) is 0 Å². The summed E-state index contributed by atoms with van der Waals surface area (Å²) in [5, 5.41) is 9.33. The van der Waals surface area contributed by atoms with Gasteiger partial charge < -0.3 is 10.0 Å². The molecule has 3 nitrogen and oxygen atoms in total. The van der Waals surface area contributed by atoms with E-state index in [1.807, 2.05) is 0 Å². The molecule has 1 aliphatic rings. The molecule has 0 aromatic heterocycles. The zero-order chi connectivity index (χ0) is 11.7. The van der Waals surface area contributed by atoms with Crippen molar-refractivity contribution in [2.45, 2.75) is 12.5 Å². The van der Waals surface area contributed by atoms with E-state index in [2.05, 4.69) is 15.9 Å². The van der Waals surface area contributed by atoms with Gasteiger partial charge in [0, 0.05) is 23.1 Å². The van der Waals surface area contributed by atoms with Crippen molar-refractivity contribution in [2.75, 3.05) is 13.1 Å². The minimum absolute atomic E-state index is 0.239. The molecule has 16 heavy (non-hydrogen) atoms. The molecular formula is C11H11BrFNO2. The lowest BCUT2D eigenvalue weighted by molar-refractivity contribution is 0.0764. The Morgan fingerprint density at radius 2 is 2.25 bits per heavy atom. The standard InChI is InChI=1S/C11H11BrFNO2/c12-8-3-7(4-9(13)5-8)11(16)14-2-1-10(15)6-14/h3-5,10,15H,1-2,6H2/t10-/m0/s1. The van der Waals surface area contributed by atoms with E-state index in [0.29, 0.717) is 29.5 Å². The van der Waals surface area contributed by atoms with Gasteiger partial charge in [-0.1, -0.05) is 15.9 Å². The topological polar surface area (TPSA) is 40.5 Å². The fraction of sp³-hybridized carbons (Fsp3) is 0.364. The molecule has 1 aliphatic heterocycles. The fourth-order valence-corrected chi connectivity index (χ4v) is 2.25. The van der Waals surface area contributed by atoms with Gasteiger partial charge in [-0.15, -0.1) is 0 Å². The quantitative estimate of drug-likeness (QED) is 0.856. The Bertz CT molecular complexity index is 404. The second-order valence-electron chi connectivity index (χ2n) is 3.85. The van der Waals surface area contributed by atoms with Crippen LogP contribution < -0.4 is 0 Å². The number of likely N-dealkylation sites (tertiary alicyclic amines) is 1. The Labute approximate surface area is 101 Å². The van der Waals surface area contributed by atoms with Crippen molar-refractivity contribution in [3.8, 4) is 0 Å². The number of halogens is 2. The molecule has 0 saturated carbocycles. The van der Waals surface area contributed by atoms with Crippen molar-refractivity contribution in [1.82, 2.24) is 4.90 Å². The summed E-state index contributed by atoms with van der Waals surface area (Å²) in [6, 6.07) is 4.09. The van der Waals surface area contributed by atoms with Gasteiger partial charge in [-0.2, -0.15) is 0 Å². The van der Waals surface area contributed by atoms with Crippen molar-refractivity contribution in [1.29, 1.82) is 0 Å². The normalized spacial score (nSPS) is 20.2. The summed E-state index contributed by atoms with van der Waals surface area (Å²) in [6.07, 6.45) is 0.128. The van der Waals surface area contributed by atoms with E-state index in [1.165, 1.54) is 17.0 Å². The van der Waals surface area contributed by atoms with E-state index in [4.69, 9.17) is 0 Å². The molecule has 1 aromatic rings. The number of β-amino-alcohol motifs (C(OH)–C–C–N with tert-alkyl or cyclic N) is 1. The predicted molar refractivity (Wildman–Crippen MR) is 60.6 cm³/mol. The Balaban J connectivity index is 2.20. The van der Waals surface area contributed by atoms with Gasteiger partial charge in [0.05, 0.1) is 6.10 Å². The second kappa shape index (κ2) is 4.51. The molecular weight excluding hydrogens is 277 g/mol. The Kier molecular flexibility index (Phi) is 3.25. The highest BCUT2D eigenvalue weighted by molar-refractivity contribution is 9.10. The van der Waals surface area contributed by atoms with E-state index in [1.54, 1.807) is 6.07 Å². The average Bonchev–Trinajstić information content (AvgIpc) is 2.62. The van der Waals surface area contributed by atoms with Crippen LogP contribution in [-0.4, -0.2) is 35.1 Å². The van der Waals surface area contributed by atoms with Gasteiger partial charge in [0.1, 0.15) is 5.82 Å². The zero-order valence-corrected chi connectivity index (χ0v) is 10.1. The van der Waals surface area contributed by atoms with Crippen LogP contribution in [-0.2, 0) is 0 Å². The molecule has 1 heterocycles. The number of nitrogens with zero attached hydrogens (tertiary/aromatic N) is 1. The highest BCUT2D eigenvalue weighted by atomic mass is 79.9. The third-order valence-corrected chi connectivity index (χ3v) is 3.02. The van der Waals surface area contributed by atoms with Crippen LogP contribution in [0.4, 0.5) is 4.39 Å². The van der Waals surface area contributed by atoms with Gasteiger partial charge in [-0.3, -0.25) is 4.79 Å². The van der Waals surface area contributed by atoms with Crippen molar-refractivity contribution in [2.24, 2.45) is 0 Å². The maximum atomic E-state index is 13.1. The third-order valence-electron chi connectivity index (χ3n) is 2.56. The molecule has 1 atom stereocenters. The molecule has 1 aromatic carbocycles. The Morgan fingerprint density at radius 1 is 1.50 bits per heavy atom. The van der Waals surface area contributed by atoms with Gasteiger partial charge in [0.15, 0.2) is 0 Å². The predicted octanol–water partition coefficient (Wildman–Crippen LogP) is 1.79. The van der Waals surface area contributed by atoms with Crippen LogP contribution >= 0.6 is 15.9 Å². The second-order valence-corrected chi connectivity index (χ2v) is 4.77.